The van der Waals surface area contributed by atoms with E-state index in [1.165, 1.54) is 29.1 Å². The smallest absolute Gasteiger partial charge is 0.407 e. The number of ether oxygens (including phenoxy) is 2. The van der Waals surface area contributed by atoms with Crippen molar-refractivity contribution in [1.29, 1.82) is 0 Å². The summed E-state index contributed by atoms with van der Waals surface area (Å²) >= 11 is 0. The summed E-state index contributed by atoms with van der Waals surface area (Å²) in [6.45, 7) is 4.49. The number of alkyl carbamates (subject to hydrolysis) is 1. The number of hydrogen-bond donors (Lipinski definition) is 4. The number of aromatic nitrogens is 2. The highest BCUT2D eigenvalue weighted by atomic mass is 16.5. The molecule has 0 bridgehead atoms. The van der Waals surface area contributed by atoms with E-state index in [-0.39, 0.29) is 37.2 Å². The van der Waals surface area contributed by atoms with Gasteiger partial charge in [0.1, 0.15) is 23.9 Å². The largest absolute Gasteiger partial charge is 0.467 e. The average Bonchev–Trinajstić information content (AvgIpc) is 4.07. The number of nitrogens with one attached hydrogen (secondary N) is 3. The van der Waals surface area contributed by atoms with Crippen molar-refractivity contribution in [3.8, 4) is 22.4 Å². The van der Waals surface area contributed by atoms with Gasteiger partial charge in [-0.2, -0.15) is 0 Å². The molecule has 4 aliphatic rings. The molecule has 4 fully saturated rings. The molecule has 2 aromatic carbocycles. The van der Waals surface area contributed by atoms with Crippen LogP contribution in [0, 0.1) is 5.92 Å². The molecule has 18 heteroatoms. The van der Waals surface area contributed by atoms with Crippen molar-refractivity contribution in [3.05, 3.63) is 60.6 Å². The molecule has 4 saturated heterocycles. The Bertz CT molecular complexity index is 2170. The first kappa shape index (κ1) is 42.8. The van der Waals surface area contributed by atoms with Crippen LogP contribution in [0.3, 0.4) is 0 Å². The number of H-pyrrole nitrogens is 1. The SMILES string of the molecule is COC(=O)N[C@H]1CCC(=O)N2CCC[C@@H](C(=O)N3CCCC3C(=O)Nc3ccc(-c4ccc(-c5cnc(C6CCCN6C(=O)C(N)(C(=O)OC)C(C)C)[nH]5)cc4)cc3)N2C1=O. The number of anilines is 1. The molecule has 4 aliphatic heterocycles. The molecule has 5 heterocycles. The number of hydrazine groups is 1. The number of hydrogen-bond acceptors (Lipinski definition) is 11. The average molecular weight is 840 g/mol. The summed E-state index contributed by atoms with van der Waals surface area (Å²) in [5, 5.41) is 7.95. The standard InChI is InChI=1S/C43H53N9O9/c1-25(2)43(44,41(58)60-3)40(57)50-22-5-8-32(50)36-45-24-31(47-36)28-13-11-26(12-14-28)27-15-17-29(18-16-27)46-37(54)33-9-6-21-49(33)39(56)34-10-7-23-51-35(53)20-19-30(38(55)52(34)51)48-42(59)61-4/h11-18,24-25,30,32-34H,5-10,19-23,44H2,1-4H3,(H,45,47)(H,46,54)(H,48,59)/t30-,32?,33?,34-,43?/m0/s1. The summed E-state index contributed by atoms with van der Waals surface area (Å²) in [7, 11) is 2.41. The summed E-state index contributed by atoms with van der Waals surface area (Å²) in [5.74, 6) is -2.76. The first-order chi connectivity index (χ1) is 29.3. The molecule has 61 heavy (non-hydrogen) atoms. The third kappa shape index (κ3) is 8.28. The molecule has 0 saturated carbocycles. The van der Waals surface area contributed by atoms with Crippen molar-refractivity contribution in [3.63, 3.8) is 0 Å². The van der Waals surface area contributed by atoms with Crippen LogP contribution in [0.1, 0.15) is 77.1 Å². The summed E-state index contributed by atoms with van der Waals surface area (Å²) < 4.78 is 9.59. The van der Waals surface area contributed by atoms with Crippen LogP contribution in [0.25, 0.3) is 22.4 Å². The molecule has 3 unspecified atom stereocenters. The van der Waals surface area contributed by atoms with Gasteiger partial charge < -0.3 is 40.6 Å². The fourth-order valence-electron chi connectivity index (χ4n) is 8.82. The molecule has 5 atom stereocenters. The number of imidazole rings is 1. The second-order valence-electron chi connectivity index (χ2n) is 16.3. The second-order valence-corrected chi connectivity index (χ2v) is 16.3. The Labute approximate surface area is 353 Å². The zero-order valence-corrected chi connectivity index (χ0v) is 34.8. The van der Waals surface area contributed by atoms with E-state index in [0.29, 0.717) is 56.7 Å². The highest BCUT2D eigenvalue weighted by Gasteiger charge is 2.51. The van der Waals surface area contributed by atoms with Crippen molar-refractivity contribution in [2.24, 2.45) is 11.7 Å². The van der Waals surface area contributed by atoms with Crippen molar-refractivity contribution < 1.29 is 43.0 Å². The Kier molecular flexibility index (Phi) is 12.4. The van der Waals surface area contributed by atoms with Crippen LogP contribution < -0.4 is 16.4 Å². The quantitative estimate of drug-likeness (QED) is 0.171. The van der Waals surface area contributed by atoms with E-state index < -0.39 is 59.4 Å². The van der Waals surface area contributed by atoms with E-state index in [0.717, 1.165) is 28.8 Å². The molecular formula is C43H53N9O9. The molecule has 0 aliphatic carbocycles. The van der Waals surface area contributed by atoms with Gasteiger partial charge in [0.05, 0.1) is 32.2 Å². The summed E-state index contributed by atoms with van der Waals surface area (Å²) in [5.41, 5.74) is 8.63. The van der Waals surface area contributed by atoms with Gasteiger partial charge in [0, 0.05) is 31.7 Å². The van der Waals surface area contributed by atoms with Crippen LogP contribution in [0.15, 0.2) is 54.7 Å². The monoisotopic (exact) mass is 839 g/mol. The second kappa shape index (κ2) is 17.7. The first-order valence-electron chi connectivity index (χ1n) is 20.8. The first-order valence-corrected chi connectivity index (χ1v) is 20.8. The number of nitrogens with two attached hydrogens (primary N) is 1. The minimum absolute atomic E-state index is 0.0190. The van der Waals surface area contributed by atoms with Gasteiger partial charge in [-0.15, -0.1) is 0 Å². The molecule has 0 radical (unpaired) electrons. The number of esters is 1. The fourth-order valence-corrected chi connectivity index (χ4v) is 8.82. The van der Waals surface area contributed by atoms with Crippen LogP contribution in [-0.4, -0.2) is 129 Å². The highest BCUT2D eigenvalue weighted by Crippen LogP contribution is 2.35. The lowest BCUT2D eigenvalue weighted by atomic mass is 9.85. The fraction of sp³-hybridized carbons (Fsp3) is 0.488. The van der Waals surface area contributed by atoms with Crippen molar-refractivity contribution >= 4 is 47.3 Å². The summed E-state index contributed by atoms with van der Waals surface area (Å²) in [6.07, 6.45) is 4.27. The number of amides is 6. The lowest BCUT2D eigenvalue weighted by molar-refractivity contribution is -0.179. The normalized spacial score (nSPS) is 22.7. The third-order valence-corrected chi connectivity index (χ3v) is 12.4. The maximum Gasteiger partial charge on any atom is 0.407 e. The summed E-state index contributed by atoms with van der Waals surface area (Å²) in [6, 6.07) is 12.1. The van der Waals surface area contributed by atoms with Gasteiger partial charge in [0.15, 0.2) is 5.54 Å². The number of aromatic amines is 1. The number of fused-ring (bicyclic) bond motifs is 1. The van der Waals surface area contributed by atoms with E-state index in [9.17, 15) is 33.6 Å². The zero-order chi connectivity index (χ0) is 43.6. The molecule has 0 spiro atoms. The van der Waals surface area contributed by atoms with Crippen LogP contribution in [0.4, 0.5) is 10.5 Å². The zero-order valence-electron chi connectivity index (χ0n) is 34.8. The minimum Gasteiger partial charge on any atom is -0.467 e. The van der Waals surface area contributed by atoms with Crippen LogP contribution >= 0.6 is 0 Å². The molecule has 7 rings (SSSR count). The van der Waals surface area contributed by atoms with Crippen molar-refractivity contribution in [1.82, 2.24) is 35.1 Å². The number of nitrogens with zero attached hydrogens (tertiary/aromatic N) is 5. The van der Waals surface area contributed by atoms with E-state index in [1.54, 1.807) is 37.1 Å². The molecule has 1 aromatic heterocycles. The van der Waals surface area contributed by atoms with Gasteiger partial charge in [-0.05, 0) is 79.7 Å². The van der Waals surface area contributed by atoms with Gasteiger partial charge in [-0.25, -0.2) is 19.6 Å². The number of carbonyl (C=O) groups is 7. The van der Waals surface area contributed by atoms with Gasteiger partial charge >= 0.3 is 12.1 Å². The number of likely N-dealkylation sites (tertiary alicyclic amines) is 2. The lowest BCUT2D eigenvalue weighted by Crippen LogP contribution is -2.64. The van der Waals surface area contributed by atoms with E-state index in [4.69, 9.17) is 10.5 Å². The Balaban J connectivity index is 0.985. The van der Waals surface area contributed by atoms with Gasteiger partial charge in [-0.1, -0.05) is 50.2 Å². The van der Waals surface area contributed by atoms with Crippen molar-refractivity contribution in [2.45, 2.75) is 94.9 Å². The Morgan fingerprint density at radius 3 is 2.11 bits per heavy atom. The minimum atomic E-state index is -1.80. The molecule has 3 aromatic rings. The molecule has 324 valence electrons. The van der Waals surface area contributed by atoms with Crippen LogP contribution in [0.2, 0.25) is 0 Å². The van der Waals surface area contributed by atoms with Gasteiger partial charge in [-0.3, -0.25) is 29.0 Å². The topological polar surface area (TPSA) is 230 Å². The third-order valence-electron chi connectivity index (χ3n) is 12.4. The van der Waals surface area contributed by atoms with Gasteiger partial charge in [0.25, 0.3) is 11.8 Å². The maximum atomic E-state index is 14.1. The van der Waals surface area contributed by atoms with E-state index in [2.05, 4.69) is 25.3 Å². The molecule has 5 N–H and O–H groups in total. The van der Waals surface area contributed by atoms with Gasteiger partial charge in [0.2, 0.25) is 17.7 Å². The Hall–Kier alpha value is -6.30. The Morgan fingerprint density at radius 1 is 0.820 bits per heavy atom. The number of carbonyl (C=O) groups excluding carboxylic acids is 7. The number of methoxy groups -OCH3 is 2. The predicted octanol–water partition coefficient (Wildman–Crippen LogP) is 3.12. The molecule has 6 amide bonds. The molecule has 18 nitrogen and oxygen atoms in total. The van der Waals surface area contributed by atoms with E-state index >= 15 is 0 Å². The lowest BCUT2D eigenvalue weighted by Gasteiger charge is -2.44. The number of benzene rings is 2. The molecular weight excluding hydrogens is 787 g/mol. The van der Waals surface area contributed by atoms with Crippen LogP contribution in [0.5, 0.6) is 0 Å². The van der Waals surface area contributed by atoms with Crippen LogP contribution in [-0.2, 0) is 38.2 Å². The maximum absolute atomic E-state index is 14.1. The number of rotatable bonds is 10. The Morgan fingerprint density at radius 2 is 1.44 bits per heavy atom. The highest BCUT2D eigenvalue weighted by molar-refractivity contribution is 6.07. The van der Waals surface area contributed by atoms with Crippen molar-refractivity contribution in [2.75, 3.05) is 39.2 Å². The summed E-state index contributed by atoms with van der Waals surface area (Å²) in [4.78, 5) is 104. The predicted molar refractivity (Wildman–Crippen MR) is 220 cm³/mol. The van der Waals surface area contributed by atoms with E-state index in [1.807, 2.05) is 36.4 Å².